The minimum atomic E-state index is -3.78. The van der Waals surface area contributed by atoms with Crippen molar-refractivity contribution in [3.8, 4) is 0 Å². The van der Waals surface area contributed by atoms with Gasteiger partial charge in [0, 0.05) is 17.7 Å². The molecule has 3 N–H and O–H groups in total. The fourth-order valence-electron chi connectivity index (χ4n) is 1.75. The molecule has 0 atom stereocenters. The molecule has 8 nitrogen and oxygen atoms in total. The van der Waals surface area contributed by atoms with E-state index in [4.69, 9.17) is 16.7 Å². The van der Waals surface area contributed by atoms with Gasteiger partial charge in [0.05, 0.1) is 4.90 Å². The molecule has 25 heavy (non-hydrogen) atoms. The first-order valence-electron chi connectivity index (χ1n) is 7.35. The van der Waals surface area contributed by atoms with Gasteiger partial charge in [-0.15, -0.1) is 0 Å². The van der Waals surface area contributed by atoms with Crippen LogP contribution in [0.4, 0.5) is 11.5 Å². The molecule has 0 saturated carbocycles. The third kappa shape index (κ3) is 5.26. The maximum absolute atomic E-state index is 12.3. The summed E-state index contributed by atoms with van der Waals surface area (Å²) >= 11 is 5.03. The Morgan fingerprint density at radius 1 is 1.24 bits per heavy atom. The van der Waals surface area contributed by atoms with Gasteiger partial charge < -0.3 is 15.2 Å². The van der Waals surface area contributed by atoms with Crippen LogP contribution in [0.3, 0.4) is 0 Å². The van der Waals surface area contributed by atoms with Gasteiger partial charge in [0.15, 0.2) is 10.9 Å². The number of nitrogens with one attached hydrogen (secondary N) is 3. The number of hydrogen-bond donors (Lipinski definition) is 3. The second-order valence-electron chi connectivity index (χ2n) is 5.55. The van der Waals surface area contributed by atoms with Crippen molar-refractivity contribution >= 4 is 44.8 Å². The lowest BCUT2D eigenvalue weighted by Gasteiger charge is -2.11. The van der Waals surface area contributed by atoms with Gasteiger partial charge in [0.25, 0.3) is 10.0 Å². The molecule has 0 saturated heterocycles. The zero-order valence-corrected chi connectivity index (χ0v) is 15.5. The van der Waals surface area contributed by atoms with Crippen LogP contribution in [0.25, 0.3) is 0 Å². The molecular weight excluding hydrogens is 364 g/mol. The van der Waals surface area contributed by atoms with Crippen molar-refractivity contribution in [1.82, 2.24) is 10.5 Å². The van der Waals surface area contributed by atoms with Crippen LogP contribution in [0.15, 0.2) is 39.8 Å². The SMILES string of the molecule is Cc1cc(NS(=O)(=O)c2ccc(NC(=S)NC(=O)C(C)C)cc2)no1. The highest BCUT2D eigenvalue weighted by Crippen LogP contribution is 2.18. The van der Waals surface area contributed by atoms with E-state index in [0.29, 0.717) is 11.4 Å². The summed E-state index contributed by atoms with van der Waals surface area (Å²) in [5.41, 5.74) is 0.547. The first kappa shape index (κ1) is 18.9. The van der Waals surface area contributed by atoms with Crippen molar-refractivity contribution in [3.63, 3.8) is 0 Å². The first-order chi connectivity index (χ1) is 11.7. The number of anilines is 2. The quantitative estimate of drug-likeness (QED) is 0.680. The lowest BCUT2D eigenvalue weighted by molar-refractivity contribution is -0.122. The number of carbonyl (C=O) groups is 1. The Balaban J connectivity index is 2.03. The zero-order chi connectivity index (χ0) is 18.6. The van der Waals surface area contributed by atoms with Crippen LogP contribution < -0.4 is 15.4 Å². The highest BCUT2D eigenvalue weighted by atomic mass is 32.2. The third-order valence-electron chi connectivity index (χ3n) is 3.05. The molecule has 1 aromatic carbocycles. The summed E-state index contributed by atoms with van der Waals surface area (Å²) in [5, 5.41) is 9.09. The molecule has 0 spiro atoms. The number of benzene rings is 1. The van der Waals surface area contributed by atoms with Gasteiger partial charge in [-0.05, 0) is 43.4 Å². The van der Waals surface area contributed by atoms with E-state index in [1.807, 2.05) is 0 Å². The third-order valence-corrected chi connectivity index (χ3v) is 4.63. The topological polar surface area (TPSA) is 113 Å². The lowest BCUT2D eigenvalue weighted by Crippen LogP contribution is -2.36. The van der Waals surface area contributed by atoms with E-state index in [1.54, 1.807) is 20.8 Å². The number of carbonyl (C=O) groups excluding carboxylic acids is 1. The highest BCUT2D eigenvalue weighted by Gasteiger charge is 2.16. The number of hydrogen-bond acceptors (Lipinski definition) is 6. The van der Waals surface area contributed by atoms with Crippen molar-refractivity contribution in [2.75, 3.05) is 10.0 Å². The molecule has 0 fully saturated rings. The van der Waals surface area contributed by atoms with Gasteiger partial charge >= 0.3 is 0 Å². The van der Waals surface area contributed by atoms with E-state index in [2.05, 4.69) is 20.5 Å². The summed E-state index contributed by atoms with van der Waals surface area (Å²) in [6, 6.07) is 7.37. The number of amides is 1. The Labute approximate surface area is 151 Å². The summed E-state index contributed by atoms with van der Waals surface area (Å²) < 4.78 is 31.7. The van der Waals surface area contributed by atoms with E-state index < -0.39 is 10.0 Å². The maximum atomic E-state index is 12.3. The maximum Gasteiger partial charge on any atom is 0.263 e. The minimum Gasteiger partial charge on any atom is -0.360 e. The van der Waals surface area contributed by atoms with Gasteiger partial charge in [-0.25, -0.2) is 8.42 Å². The molecule has 0 aliphatic carbocycles. The number of nitrogens with zero attached hydrogens (tertiary/aromatic N) is 1. The molecule has 0 radical (unpaired) electrons. The number of rotatable bonds is 5. The van der Waals surface area contributed by atoms with Crippen molar-refractivity contribution in [2.24, 2.45) is 5.92 Å². The molecule has 0 aliphatic heterocycles. The Kier molecular flexibility index (Phi) is 5.75. The summed E-state index contributed by atoms with van der Waals surface area (Å²) in [6.07, 6.45) is 0. The van der Waals surface area contributed by atoms with Gasteiger partial charge in [0.2, 0.25) is 5.91 Å². The van der Waals surface area contributed by atoms with E-state index in [0.717, 1.165) is 0 Å². The van der Waals surface area contributed by atoms with E-state index >= 15 is 0 Å². The van der Waals surface area contributed by atoms with Crippen LogP contribution in [-0.4, -0.2) is 24.6 Å². The Morgan fingerprint density at radius 3 is 2.40 bits per heavy atom. The largest absolute Gasteiger partial charge is 0.360 e. The highest BCUT2D eigenvalue weighted by molar-refractivity contribution is 7.92. The van der Waals surface area contributed by atoms with Crippen molar-refractivity contribution in [2.45, 2.75) is 25.7 Å². The normalized spacial score (nSPS) is 11.2. The summed E-state index contributed by atoms with van der Waals surface area (Å²) in [7, 11) is -3.78. The minimum absolute atomic E-state index is 0.0517. The summed E-state index contributed by atoms with van der Waals surface area (Å²) in [6.45, 7) is 5.16. The molecule has 10 heteroatoms. The van der Waals surface area contributed by atoms with Gasteiger partial charge in [-0.3, -0.25) is 9.52 Å². The Hall–Kier alpha value is -2.46. The lowest BCUT2D eigenvalue weighted by atomic mass is 10.2. The fraction of sp³-hybridized carbons (Fsp3) is 0.267. The van der Waals surface area contributed by atoms with Crippen LogP contribution in [0.2, 0.25) is 0 Å². The number of thiocarbonyl (C=S) groups is 1. The molecule has 0 bridgehead atoms. The van der Waals surface area contributed by atoms with Crippen molar-refractivity contribution in [1.29, 1.82) is 0 Å². The molecule has 1 heterocycles. The van der Waals surface area contributed by atoms with Crippen LogP contribution in [0.1, 0.15) is 19.6 Å². The Morgan fingerprint density at radius 2 is 1.88 bits per heavy atom. The van der Waals surface area contributed by atoms with Crippen LogP contribution in [0.5, 0.6) is 0 Å². The van der Waals surface area contributed by atoms with Gasteiger partial charge in [0.1, 0.15) is 5.76 Å². The average Bonchev–Trinajstić information content (AvgIpc) is 2.91. The average molecular weight is 382 g/mol. The summed E-state index contributed by atoms with van der Waals surface area (Å²) in [4.78, 5) is 11.6. The number of sulfonamides is 1. The molecule has 0 aliphatic rings. The van der Waals surface area contributed by atoms with Crippen LogP contribution in [0, 0.1) is 12.8 Å². The molecule has 2 rings (SSSR count). The van der Waals surface area contributed by atoms with E-state index in [1.165, 1.54) is 30.3 Å². The number of aromatic nitrogens is 1. The molecule has 1 aromatic heterocycles. The van der Waals surface area contributed by atoms with E-state index in [-0.39, 0.29) is 27.7 Å². The van der Waals surface area contributed by atoms with Gasteiger partial charge in [-0.2, -0.15) is 0 Å². The Bertz CT molecular complexity index is 873. The predicted octanol–water partition coefficient (Wildman–Crippen LogP) is 2.25. The van der Waals surface area contributed by atoms with E-state index in [9.17, 15) is 13.2 Å². The molecule has 1 amide bonds. The van der Waals surface area contributed by atoms with Crippen LogP contribution >= 0.6 is 12.2 Å². The zero-order valence-electron chi connectivity index (χ0n) is 13.9. The second-order valence-corrected chi connectivity index (χ2v) is 7.64. The first-order valence-corrected chi connectivity index (χ1v) is 9.24. The molecule has 2 aromatic rings. The fourth-order valence-corrected chi connectivity index (χ4v) is 2.95. The standard InChI is InChI=1S/C15H18N4O4S2/c1-9(2)14(20)17-15(24)16-11-4-6-12(7-5-11)25(21,22)19-13-8-10(3)23-18-13/h4-9H,1-3H3,(H,18,19)(H2,16,17,20,24). The van der Waals surface area contributed by atoms with Crippen LogP contribution in [-0.2, 0) is 14.8 Å². The molecular formula is C15H18N4O4S2. The van der Waals surface area contributed by atoms with Crippen molar-refractivity contribution < 1.29 is 17.7 Å². The van der Waals surface area contributed by atoms with Crippen molar-refractivity contribution in [3.05, 3.63) is 36.1 Å². The summed E-state index contributed by atoms with van der Waals surface area (Å²) in [5.74, 6) is 0.203. The van der Waals surface area contributed by atoms with Gasteiger partial charge in [-0.1, -0.05) is 19.0 Å². The monoisotopic (exact) mass is 382 g/mol. The molecule has 134 valence electrons. The smallest absolute Gasteiger partial charge is 0.263 e. The molecule has 0 unspecified atom stereocenters. The predicted molar refractivity (Wildman–Crippen MR) is 97.7 cm³/mol. The number of aryl methyl sites for hydroxylation is 1. The second kappa shape index (κ2) is 7.62.